The first-order valence-electron chi connectivity index (χ1n) is 8.46. The molecule has 0 fully saturated rings. The maximum atomic E-state index is 12.5. The predicted molar refractivity (Wildman–Crippen MR) is 111 cm³/mol. The monoisotopic (exact) mass is 384 g/mol. The van der Waals surface area contributed by atoms with Crippen molar-refractivity contribution in [2.24, 2.45) is 0 Å². The smallest absolute Gasteiger partial charge is 0.237 e. The molecule has 0 unspecified atom stereocenters. The van der Waals surface area contributed by atoms with E-state index in [0.717, 1.165) is 41.1 Å². The Morgan fingerprint density at radius 2 is 1.96 bits per heavy atom. The molecule has 0 bridgehead atoms. The molecule has 0 spiro atoms. The summed E-state index contributed by atoms with van der Waals surface area (Å²) in [6.07, 6.45) is 4.00. The minimum Gasteiger partial charge on any atom is -0.397 e. The molecule has 26 heavy (non-hydrogen) atoms. The summed E-state index contributed by atoms with van der Waals surface area (Å²) in [5, 5.41) is 0.661. The molecule has 0 saturated carbocycles. The molecule has 2 aromatic heterocycles. The van der Waals surface area contributed by atoms with Crippen LogP contribution in [0.3, 0.4) is 0 Å². The molecule has 0 amide bonds. The number of fused-ring (bicyclic) bond motifs is 1. The van der Waals surface area contributed by atoms with E-state index in [4.69, 9.17) is 5.73 Å². The molecule has 0 radical (unpaired) electrons. The van der Waals surface area contributed by atoms with E-state index in [1.165, 1.54) is 11.3 Å². The number of carbonyl (C=O) groups excluding carboxylic acids is 2. The highest BCUT2D eigenvalue weighted by atomic mass is 32.2. The number of nitrogens with zero attached hydrogens (tertiary/aromatic N) is 1. The highest BCUT2D eigenvalue weighted by Crippen LogP contribution is 2.40. The van der Waals surface area contributed by atoms with Gasteiger partial charge in [0.2, 0.25) is 5.12 Å². The van der Waals surface area contributed by atoms with Crippen LogP contribution in [0.5, 0.6) is 0 Å². The second-order valence-corrected chi connectivity index (χ2v) is 7.74. The molecule has 0 aliphatic rings. The van der Waals surface area contributed by atoms with E-state index in [1.54, 1.807) is 12.3 Å². The van der Waals surface area contributed by atoms with Crippen LogP contribution in [0.15, 0.2) is 36.4 Å². The third-order valence-electron chi connectivity index (χ3n) is 4.19. The van der Waals surface area contributed by atoms with Gasteiger partial charge in [-0.3, -0.25) is 9.59 Å². The molecule has 0 atom stereocenters. The van der Waals surface area contributed by atoms with Gasteiger partial charge in [0.25, 0.3) is 0 Å². The number of Topliss-reactive ketones (excluding diaryl/α,β-unsaturated/α-hetero) is 1. The van der Waals surface area contributed by atoms with Crippen LogP contribution in [-0.2, 0) is 0 Å². The predicted octanol–water partition coefficient (Wildman–Crippen LogP) is 5.42. The van der Waals surface area contributed by atoms with Crippen molar-refractivity contribution in [2.45, 2.75) is 26.2 Å². The number of hydrogen-bond donors (Lipinski definition) is 1. The van der Waals surface area contributed by atoms with Crippen molar-refractivity contribution in [3.63, 3.8) is 0 Å². The molecule has 3 aromatic rings. The number of anilines is 1. The van der Waals surface area contributed by atoms with Crippen LogP contribution >= 0.6 is 23.1 Å². The number of nitrogens with two attached hydrogens (primary N) is 1. The second kappa shape index (κ2) is 8.01. The summed E-state index contributed by atoms with van der Waals surface area (Å²) in [7, 11) is 0. The lowest BCUT2D eigenvalue weighted by Crippen LogP contribution is -2.00. The lowest BCUT2D eigenvalue weighted by atomic mass is 10.0. The molecule has 0 aliphatic heterocycles. The van der Waals surface area contributed by atoms with Crippen LogP contribution in [0, 0.1) is 0 Å². The van der Waals surface area contributed by atoms with E-state index in [1.807, 2.05) is 30.3 Å². The quantitative estimate of drug-likeness (QED) is 0.574. The van der Waals surface area contributed by atoms with Crippen LogP contribution < -0.4 is 5.73 Å². The van der Waals surface area contributed by atoms with Gasteiger partial charge in [0.1, 0.15) is 10.5 Å². The van der Waals surface area contributed by atoms with Gasteiger partial charge in [0, 0.05) is 11.8 Å². The molecule has 6 heteroatoms. The number of pyridine rings is 1. The molecule has 4 nitrogen and oxygen atoms in total. The standard InChI is InChI=1S/C20H20N2O2S2/c1-3-4-10-15(23)18-17(21)16-13(12-8-6-5-7-9-12)11-14(20(24)25-2)22-19(16)26-18/h5-9,11H,3-4,10,21H2,1-2H3. The van der Waals surface area contributed by atoms with E-state index in [-0.39, 0.29) is 10.9 Å². The van der Waals surface area contributed by atoms with E-state index >= 15 is 0 Å². The Hall–Kier alpha value is -2.18. The first-order valence-corrected chi connectivity index (χ1v) is 10.5. The molecular formula is C20H20N2O2S2. The summed E-state index contributed by atoms with van der Waals surface area (Å²) in [5.41, 5.74) is 9.02. The van der Waals surface area contributed by atoms with Crippen LogP contribution in [0.4, 0.5) is 5.69 Å². The largest absolute Gasteiger partial charge is 0.397 e. The third kappa shape index (κ3) is 3.52. The molecule has 134 valence electrons. The van der Waals surface area contributed by atoms with Gasteiger partial charge in [-0.25, -0.2) is 4.98 Å². The van der Waals surface area contributed by atoms with Crippen molar-refractivity contribution >= 4 is 49.9 Å². The van der Waals surface area contributed by atoms with E-state index < -0.39 is 0 Å². The highest BCUT2D eigenvalue weighted by Gasteiger charge is 2.22. The average Bonchev–Trinajstić information content (AvgIpc) is 3.02. The Bertz CT molecular complexity index is 965. The molecular weight excluding hydrogens is 364 g/mol. The minimum absolute atomic E-state index is 0.0455. The van der Waals surface area contributed by atoms with Crippen LogP contribution in [0.1, 0.15) is 46.3 Å². The number of unbranched alkanes of at least 4 members (excludes halogenated alkanes) is 1. The van der Waals surface area contributed by atoms with E-state index in [9.17, 15) is 9.59 Å². The summed E-state index contributed by atoms with van der Waals surface area (Å²) in [5.74, 6) is 0.0455. The van der Waals surface area contributed by atoms with Gasteiger partial charge in [-0.05, 0) is 29.9 Å². The zero-order valence-corrected chi connectivity index (χ0v) is 16.4. The van der Waals surface area contributed by atoms with Crippen molar-refractivity contribution in [1.82, 2.24) is 4.98 Å². The van der Waals surface area contributed by atoms with Crippen molar-refractivity contribution in [3.05, 3.63) is 47.0 Å². The Morgan fingerprint density at radius 3 is 2.62 bits per heavy atom. The van der Waals surface area contributed by atoms with Gasteiger partial charge in [-0.1, -0.05) is 55.4 Å². The number of aromatic nitrogens is 1. The number of ketones is 1. The lowest BCUT2D eigenvalue weighted by Gasteiger charge is -2.07. The normalized spacial score (nSPS) is 11.0. The van der Waals surface area contributed by atoms with Crippen molar-refractivity contribution < 1.29 is 9.59 Å². The molecule has 0 saturated heterocycles. The highest BCUT2D eigenvalue weighted by molar-refractivity contribution is 8.13. The van der Waals surface area contributed by atoms with Gasteiger partial charge < -0.3 is 5.73 Å². The first kappa shape index (κ1) is 18.6. The summed E-state index contributed by atoms with van der Waals surface area (Å²) < 4.78 is 0. The zero-order chi connectivity index (χ0) is 18.7. The number of thiophene rings is 1. The van der Waals surface area contributed by atoms with Crippen molar-refractivity contribution in [2.75, 3.05) is 12.0 Å². The fourth-order valence-corrected chi connectivity index (χ4v) is 4.23. The van der Waals surface area contributed by atoms with Gasteiger partial charge in [-0.2, -0.15) is 0 Å². The van der Waals surface area contributed by atoms with E-state index in [0.29, 0.717) is 27.5 Å². The molecule has 3 rings (SSSR count). The lowest BCUT2D eigenvalue weighted by molar-refractivity contribution is 0.0984. The maximum Gasteiger partial charge on any atom is 0.237 e. The molecule has 0 aliphatic carbocycles. The Morgan fingerprint density at radius 1 is 1.23 bits per heavy atom. The second-order valence-electron chi connectivity index (χ2n) is 5.96. The Kier molecular flexibility index (Phi) is 5.74. The van der Waals surface area contributed by atoms with Crippen LogP contribution in [0.25, 0.3) is 21.3 Å². The van der Waals surface area contributed by atoms with Gasteiger partial charge in [0.05, 0.1) is 10.6 Å². The Labute approximate surface area is 160 Å². The molecule has 2 N–H and O–H groups in total. The minimum atomic E-state index is -0.102. The van der Waals surface area contributed by atoms with Crippen LogP contribution in [0.2, 0.25) is 0 Å². The van der Waals surface area contributed by atoms with Crippen molar-refractivity contribution in [1.29, 1.82) is 0 Å². The average molecular weight is 385 g/mol. The number of thioether (sulfide) groups is 1. The molecule has 2 heterocycles. The fourth-order valence-electron chi connectivity index (χ4n) is 2.83. The van der Waals surface area contributed by atoms with E-state index in [2.05, 4.69) is 11.9 Å². The summed E-state index contributed by atoms with van der Waals surface area (Å²) in [4.78, 5) is 30.4. The van der Waals surface area contributed by atoms with Crippen LogP contribution in [-0.4, -0.2) is 22.1 Å². The fraction of sp³-hybridized carbons (Fsp3) is 0.250. The topological polar surface area (TPSA) is 73.0 Å². The summed E-state index contributed by atoms with van der Waals surface area (Å²) >= 11 is 2.41. The number of benzene rings is 1. The third-order valence-corrected chi connectivity index (χ3v) is 5.91. The van der Waals surface area contributed by atoms with Gasteiger partial charge >= 0.3 is 0 Å². The molecule has 1 aromatic carbocycles. The van der Waals surface area contributed by atoms with Crippen molar-refractivity contribution in [3.8, 4) is 11.1 Å². The number of nitrogen functional groups attached to an aromatic ring is 1. The van der Waals surface area contributed by atoms with Gasteiger partial charge in [0.15, 0.2) is 5.78 Å². The number of hydrogen-bond acceptors (Lipinski definition) is 6. The first-order chi connectivity index (χ1) is 12.6. The van der Waals surface area contributed by atoms with Gasteiger partial charge in [-0.15, -0.1) is 11.3 Å². The summed E-state index contributed by atoms with van der Waals surface area (Å²) in [6.45, 7) is 2.05. The summed E-state index contributed by atoms with van der Waals surface area (Å²) in [6, 6.07) is 11.5. The number of carbonyl (C=O) groups is 2. The maximum absolute atomic E-state index is 12.5. The SMILES string of the molecule is CCCCC(=O)c1sc2nc(C(=O)SC)cc(-c3ccccc3)c2c1N. The number of rotatable bonds is 6. The Balaban J connectivity index is 2.24. The zero-order valence-electron chi connectivity index (χ0n) is 14.7.